The predicted molar refractivity (Wildman–Crippen MR) is 70.2 cm³/mol. The number of fused-ring (bicyclic) bond motifs is 1. The Labute approximate surface area is 102 Å². The number of rotatable bonds is 2. The Bertz CT molecular complexity index is 556. The van der Waals surface area contributed by atoms with Gasteiger partial charge in [-0.05, 0) is 50.6 Å². The maximum absolute atomic E-state index is 6.21. The summed E-state index contributed by atoms with van der Waals surface area (Å²) in [5.74, 6) is 0.827. The fourth-order valence-electron chi connectivity index (χ4n) is 2.00. The van der Waals surface area contributed by atoms with Crippen LogP contribution in [0.5, 0.6) is 5.75 Å². The second-order valence-electron chi connectivity index (χ2n) is 4.92. The van der Waals surface area contributed by atoms with Crippen molar-refractivity contribution in [1.29, 1.82) is 0 Å². The minimum absolute atomic E-state index is 0.391. The third-order valence-corrected chi connectivity index (χ3v) is 2.84. The van der Waals surface area contributed by atoms with E-state index in [1.165, 1.54) is 0 Å². The molecule has 2 N–H and O–H groups in total. The van der Waals surface area contributed by atoms with E-state index in [-0.39, 0.29) is 0 Å². The molecule has 0 bridgehead atoms. The molecule has 2 rings (SSSR count). The standard InChI is InChI=1S/C14H18N2O/c1-9-7-12(14(2,3)15)11-8-10(17-4)5-6-13(11)16-9/h5-8H,15H2,1-4H3. The molecule has 0 aliphatic heterocycles. The van der Waals surface area contributed by atoms with Crippen LogP contribution in [-0.2, 0) is 5.54 Å². The molecule has 0 saturated heterocycles. The molecule has 0 unspecified atom stereocenters. The summed E-state index contributed by atoms with van der Waals surface area (Å²) < 4.78 is 5.25. The number of aryl methyl sites for hydroxylation is 1. The van der Waals surface area contributed by atoms with E-state index < -0.39 is 5.54 Å². The molecule has 0 radical (unpaired) electrons. The average molecular weight is 230 g/mol. The molecule has 0 saturated carbocycles. The summed E-state index contributed by atoms with van der Waals surface area (Å²) in [5.41, 5.74) is 8.86. The zero-order valence-corrected chi connectivity index (χ0v) is 10.7. The first-order valence-corrected chi connectivity index (χ1v) is 5.66. The number of hydrogen-bond donors (Lipinski definition) is 1. The van der Waals surface area contributed by atoms with Gasteiger partial charge in [-0.1, -0.05) is 0 Å². The highest BCUT2D eigenvalue weighted by Gasteiger charge is 2.18. The Morgan fingerprint density at radius 1 is 1.24 bits per heavy atom. The van der Waals surface area contributed by atoms with Crippen LogP contribution in [0.4, 0.5) is 0 Å². The minimum Gasteiger partial charge on any atom is -0.497 e. The third-order valence-electron chi connectivity index (χ3n) is 2.84. The lowest BCUT2D eigenvalue weighted by atomic mass is 9.91. The van der Waals surface area contributed by atoms with E-state index in [2.05, 4.69) is 4.98 Å². The van der Waals surface area contributed by atoms with Crippen molar-refractivity contribution < 1.29 is 4.74 Å². The zero-order chi connectivity index (χ0) is 12.6. The molecular formula is C14H18N2O. The van der Waals surface area contributed by atoms with Gasteiger partial charge in [0.25, 0.3) is 0 Å². The molecule has 0 atom stereocenters. The maximum Gasteiger partial charge on any atom is 0.119 e. The number of methoxy groups -OCH3 is 1. The van der Waals surface area contributed by atoms with Gasteiger partial charge >= 0.3 is 0 Å². The van der Waals surface area contributed by atoms with Gasteiger partial charge in [0.05, 0.1) is 12.6 Å². The number of hydrogen-bond acceptors (Lipinski definition) is 3. The van der Waals surface area contributed by atoms with Gasteiger partial charge in [-0.3, -0.25) is 4.98 Å². The molecule has 0 fully saturated rings. The summed E-state index contributed by atoms with van der Waals surface area (Å²) in [7, 11) is 1.66. The topological polar surface area (TPSA) is 48.1 Å². The van der Waals surface area contributed by atoms with E-state index in [0.717, 1.165) is 27.9 Å². The van der Waals surface area contributed by atoms with E-state index in [1.54, 1.807) is 7.11 Å². The highest BCUT2D eigenvalue weighted by atomic mass is 16.5. The summed E-state index contributed by atoms with van der Waals surface area (Å²) >= 11 is 0. The summed E-state index contributed by atoms with van der Waals surface area (Å²) in [6.07, 6.45) is 0. The van der Waals surface area contributed by atoms with E-state index in [9.17, 15) is 0 Å². The molecule has 0 aliphatic rings. The van der Waals surface area contributed by atoms with Crippen molar-refractivity contribution in [3.05, 3.63) is 35.5 Å². The van der Waals surface area contributed by atoms with E-state index in [0.29, 0.717) is 0 Å². The Morgan fingerprint density at radius 3 is 2.53 bits per heavy atom. The van der Waals surface area contributed by atoms with E-state index in [1.807, 2.05) is 45.0 Å². The highest BCUT2D eigenvalue weighted by molar-refractivity contribution is 5.84. The lowest BCUT2D eigenvalue weighted by molar-refractivity contribution is 0.415. The molecule has 3 nitrogen and oxygen atoms in total. The van der Waals surface area contributed by atoms with Crippen LogP contribution in [0.2, 0.25) is 0 Å². The summed E-state index contributed by atoms with van der Waals surface area (Å²) in [6, 6.07) is 7.92. The maximum atomic E-state index is 6.21. The van der Waals surface area contributed by atoms with Crippen LogP contribution < -0.4 is 10.5 Å². The van der Waals surface area contributed by atoms with Crippen LogP contribution in [0.3, 0.4) is 0 Å². The van der Waals surface area contributed by atoms with Crippen molar-refractivity contribution in [3.63, 3.8) is 0 Å². The first-order chi connectivity index (χ1) is 7.91. The van der Waals surface area contributed by atoms with Crippen molar-refractivity contribution >= 4 is 10.9 Å². The Morgan fingerprint density at radius 2 is 1.94 bits per heavy atom. The van der Waals surface area contributed by atoms with Crippen molar-refractivity contribution in [3.8, 4) is 5.75 Å². The Hall–Kier alpha value is -1.61. The van der Waals surface area contributed by atoms with Gasteiger partial charge in [0.2, 0.25) is 0 Å². The molecule has 17 heavy (non-hydrogen) atoms. The molecule has 90 valence electrons. The van der Waals surface area contributed by atoms with Crippen molar-refractivity contribution in [2.24, 2.45) is 5.73 Å². The SMILES string of the molecule is COc1ccc2nc(C)cc(C(C)(C)N)c2c1. The largest absolute Gasteiger partial charge is 0.497 e. The van der Waals surface area contributed by atoms with Crippen LogP contribution in [-0.4, -0.2) is 12.1 Å². The first-order valence-electron chi connectivity index (χ1n) is 5.66. The Kier molecular flexibility index (Phi) is 2.79. The lowest BCUT2D eigenvalue weighted by Crippen LogP contribution is -2.29. The summed E-state index contributed by atoms with van der Waals surface area (Å²) in [6.45, 7) is 5.99. The summed E-state index contributed by atoms with van der Waals surface area (Å²) in [5, 5.41) is 1.06. The predicted octanol–water partition coefficient (Wildman–Crippen LogP) is 2.75. The number of aromatic nitrogens is 1. The number of ether oxygens (including phenoxy) is 1. The van der Waals surface area contributed by atoms with Crippen LogP contribution in [0.1, 0.15) is 25.1 Å². The van der Waals surface area contributed by atoms with Crippen LogP contribution >= 0.6 is 0 Å². The van der Waals surface area contributed by atoms with Crippen LogP contribution in [0.15, 0.2) is 24.3 Å². The van der Waals surface area contributed by atoms with Crippen molar-refractivity contribution in [1.82, 2.24) is 4.98 Å². The second-order valence-corrected chi connectivity index (χ2v) is 4.92. The van der Waals surface area contributed by atoms with Gasteiger partial charge in [-0.25, -0.2) is 0 Å². The number of pyridine rings is 1. The fraction of sp³-hybridized carbons (Fsp3) is 0.357. The van der Waals surface area contributed by atoms with Gasteiger partial charge in [0.1, 0.15) is 5.75 Å². The molecule has 1 heterocycles. The molecule has 0 aliphatic carbocycles. The normalized spacial score (nSPS) is 11.8. The lowest BCUT2D eigenvalue weighted by Gasteiger charge is -2.22. The molecule has 2 aromatic rings. The molecule has 1 aromatic heterocycles. The van der Waals surface area contributed by atoms with Crippen molar-refractivity contribution in [2.45, 2.75) is 26.3 Å². The summed E-state index contributed by atoms with van der Waals surface area (Å²) in [4.78, 5) is 4.51. The molecule has 1 aromatic carbocycles. The molecular weight excluding hydrogens is 212 g/mol. The highest BCUT2D eigenvalue weighted by Crippen LogP contribution is 2.29. The van der Waals surface area contributed by atoms with Gasteiger partial charge in [0.15, 0.2) is 0 Å². The molecule has 3 heteroatoms. The monoisotopic (exact) mass is 230 g/mol. The van der Waals surface area contributed by atoms with Crippen molar-refractivity contribution in [2.75, 3.05) is 7.11 Å². The quantitative estimate of drug-likeness (QED) is 0.863. The molecule has 0 spiro atoms. The smallest absolute Gasteiger partial charge is 0.119 e. The van der Waals surface area contributed by atoms with Gasteiger partial charge in [-0.15, -0.1) is 0 Å². The Balaban J connectivity index is 2.80. The van der Waals surface area contributed by atoms with Gasteiger partial charge in [-0.2, -0.15) is 0 Å². The number of nitrogens with zero attached hydrogens (tertiary/aromatic N) is 1. The average Bonchev–Trinajstić information content (AvgIpc) is 2.26. The minimum atomic E-state index is -0.391. The number of nitrogens with two attached hydrogens (primary N) is 1. The van der Waals surface area contributed by atoms with E-state index in [4.69, 9.17) is 10.5 Å². The van der Waals surface area contributed by atoms with Gasteiger partial charge in [0, 0.05) is 16.6 Å². The first kappa shape index (κ1) is 11.9. The van der Waals surface area contributed by atoms with Gasteiger partial charge < -0.3 is 10.5 Å². The van der Waals surface area contributed by atoms with E-state index >= 15 is 0 Å². The van der Waals surface area contributed by atoms with Crippen LogP contribution in [0, 0.1) is 6.92 Å². The second kappa shape index (κ2) is 4.00. The molecule has 0 amide bonds. The van der Waals surface area contributed by atoms with Crippen LogP contribution in [0.25, 0.3) is 10.9 Å². The zero-order valence-electron chi connectivity index (χ0n) is 10.7. The third kappa shape index (κ3) is 2.24. The number of benzene rings is 1. The fourth-order valence-corrected chi connectivity index (χ4v) is 2.00.